The van der Waals surface area contributed by atoms with Crippen LogP contribution in [0.5, 0.6) is 0 Å². The minimum absolute atomic E-state index is 0.0907. The molecule has 2 rings (SSSR count). The minimum atomic E-state index is -3.36. The van der Waals surface area contributed by atoms with E-state index < -0.39 is 27.6 Å². The number of carbonyl (C=O) groups is 1. The highest BCUT2D eigenvalue weighted by molar-refractivity contribution is 7.88. The largest absolute Gasteiger partial charge is 0.334 e. The van der Waals surface area contributed by atoms with Crippen LogP contribution in [0.25, 0.3) is 0 Å². The third-order valence-electron chi connectivity index (χ3n) is 3.63. The molecule has 1 N–H and O–H groups in total. The van der Waals surface area contributed by atoms with E-state index in [1.165, 1.54) is 4.90 Å². The lowest BCUT2D eigenvalue weighted by Crippen LogP contribution is -2.49. The molecule has 1 saturated heterocycles. The number of nitrogens with one attached hydrogen (secondary N) is 1. The van der Waals surface area contributed by atoms with Crippen molar-refractivity contribution in [3.05, 3.63) is 35.4 Å². The number of hydrogen-bond acceptors (Lipinski definition) is 3. The van der Waals surface area contributed by atoms with Crippen LogP contribution in [0.15, 0.2) is 18.2 Å². The van der Waals surface area contributed by atoms with Crippen LogP contribution in [0.3, 0.4) is 0 Å². The molecule has 0 radical (unpaired) electrons. The molecule has 0 spiro atoms. The van der Waals surface area contributed by atoms with Gasteiger partial charge in [0.2, 0.25) is 10.0 Å². The van der Waals surface area contributed by atoms with Gasteiger partial charge in [-0.15, -0.1) is 0 Å². The summed E-state index contributed by atoms with van der Waals surface area (Å²) in [5.41, 5.74) is -0.201. The lowest BCUT2D eigenvalue weighted by atomic mass is 10.0. The number of rotatable bonds is 4. The molecule has 8 heteroatoms. The fourth-order valence-corrected chi connectivity index (χ4v) is 3.04. The Hall–Kier alpha value is -1.54. The zero-order valence-electron chi connectivity index (χ0n) is 12.2. The summed E-state index contributed by atoms with van der Waals surface area (Å²) in [6, 6.07) is 2.48. The molecule has 22 heavy (non-hydrogen) atoms. The van der Waals surface area contributed by atoms with E-state index >= 15 is 0 Å². The fourth-order valence-electron chi connectivity index (χ4n) is 2.55. The number of likely N-dealkylation sites (tertiary alicyclic amines) is 1. The van der Waals surface area contributed by atoms with E-state index in [-0.39, 0.29) is 18.2 Å². The summed E-state index contributed by atoms with van der Waals surface area (Å²) in [4.78, 5) is 13.9. The molecular formula is C14H18F2N2O3S. The van der Waals surface area contributed by atoms with Crippen molar-refractivity contribution < 1.29 is 22.0 Å². The van der Waals surface area contributed by atoms with Gasteiger partial charge in [0.1, 0.15) is 11.6 Å². The minimum Gasteiger partial charge on any atom is -0.334 e. The molecule has 0 aliphatic carbocycles. The van der Waals surface area contributed by atoms with Gasteiger partial charge in [-0.05, 0) is 31.4 Å². The second-order valence-corrected chi connectivity index (χ2v) is 7.23. The van der Waals surface area contributed by atoms with Gasteiger partial charge in [-0.1, -0.05) is 0 Å². The summed E-state index contributed by atoms with van der Waals surface area (Å²) in [5.74, 6) is -2.20. The lowest BCUT2D eigenvalue weighted by molar-refractivity contribution is 0.0614. The molecule has 1 fully saturated rings. The number of carbonyl (C=O) groups excluding carboxylic acids is 1. The fraction of sp³-hybridized carbons (Fsp3) is 0.500. The maximum absolute atomic E-state index is 13.8. The van der Waals surface area contributed by atoms with E-state index in [9.17, 15) is 22.0 Å². The average Bonchev–Trinajstić information content (AvgIpc) is 2.44. The Morgan fingerprint density at radius 3 is 2.73 bits per heavy atom. The maximum atomic E-state index is 13.8. The third kappa shape index (κ3) is 4.23. The van der Waals surface area contributed by atoms with Crippen molar-refractivity contribution in [2.45, 2.75) is 25.3 Å². The van der Waals surface area contributed by atoms with Crippen molar-refractivity contribution in [3.8, 4) is 0 Å². The summed E-state index contributed by atoms with van der Waals surface area (Å²) in [7, 11) is -3.36. The second-order valence-electron chi connectivity index (χ2n) is 5.39. The van der Waals surface area contributed by atoms with Crippen LogP contribution < -0.4 is 4.72 Å². The molecule has 122 valence electrons. The van der Waals surface area contributed by atoms with Gasteiger partial charge in [-0.3, -0.25) is 4.79 Å². The Balaban J connectivity index is 2.17. The van der Waals surface area contributed by atoms with Crippen LogP contribution in [0.1, 0.15) is 29.6 Å². The average molecular weight is 332 g/mol. The van der Waals surface area contributed by atoms with Gasteiger partial charge in [0.15, 0.2) is 0 Å². The van der Waals surface area contributed by atoms with Crippen LogP contribution in [-0.2, 0) is 10.0 Å². The number of benzene rings is 1. The first-order valence-corrected chi connectivity index (χ1v) is 8.88. The van der Waals surface area contributed by atoms with E-state index in [1.807, 2.05) is 0 Å². The molecule has 1 atom stereocenters. The first kappa shape index (κ1) is 16.8. The number of hydrogen-bond donors (Lipinski definition) is 1. The van der Waals surface area contributed by atoms with E-state index in [4.69, 9.17) is 0 Å². The Kier molecular flexibility index (Phi) is 5.12. The molecule has 0 aromatic heterocycles. The maximum Gasteiger partial charge on any atom is 0.257 e. The summed E-state index contributed by atoms with van der Waals surface area (Å²) in [5, 5.41) is 0. The van der Waals surface area contributed by atoms with Crippen molar-refractivity contribution in [3.63, 3.8) is 0 Å². The summed E-state index contributed by atoms with van der Waals surface area (Å²) in [6.45, 7) is 0.513. The van der Waals surface area contributed by atoms with Crippen LogP contribution >= 0.6 is 0 Å². The summed E-state index contributed by atoms with van der Waals surface area (Å²) in [6.07, 6.45) is 3.31. The van der Waals surface area contributed by atoms with Gasteiger partial charge in [0, 0.05) is 25.2 Å². The van der Waals surface area contributed by atoms with Gasteiger partial charge in [0.25, 0.3) is 5.91 Å². The molecule has 0 saturated carbocycles. The van der Waals surface area contributed by atoms with Gasteiger partial charge in [-0.25, -0.2) is 21.9 Å². The number of nitrogens with zero attached hydrogens (tertiary/aromatic N) is 1. The highest BCUT2D eigenvalue weighted by Gasteiger charge is 2.29. The van der Waals surface area contributed by atoms with Gasteiger partial charge in [-0.2, -0.15) is 0 Å². The predicted octanol–water partition coefficient (Wildman–Crippen LogP) is 1.51. The number of amides is 1. The van der Waals surface area contributed by atoms with E-state index in [2.05, 4.69) is 4.72 Å². The van der Waals surface area contributed by atoms with Crippen molar-refractivity contribution in [2.24, 2.45) is 0 Å². The van der Waals surface area contributed by atoms with Gasteiger partial charge >= 0.3 is 0 Å². The van der Waals surface area contributed by atoms with E-state index in [1.54, 1.807) is 0 Å². The Morgan fingerprint density at radius 1 is 1.36 bits per heavy atom. The van der Waals surface area contributed by atoms with Crippen molar-refractivity contribution in [2.75, 3.05) is 19.3 Å². The molecule has 1 amide bonds. The number of sulfonamides is 1. The van der Waals surface area contributed by atoms with E-state index in [0.717, 1.165) is 31.2 Å². The van der Waals surface area contributed by atoms with Crippen LogP contribution in [-0.4, -0.2) is 44.6 Å². The summed E-state index contributed by atoms with van der Waals surface area (Å²) >= 11 is 0. The molecule has 0 bridgehead atoms. The Morgan fingerprint density at radius 2 is 2.09 bits per heavy atom. The van der Waals surface area contributed by atoms with Crippen molar-refractivity contribution >= 4 is 15.9 Å². The topological polar surface area (TPSA) is 66.5 Å². The smallest absolute Gasteiger partial charge is 0.257 e. The molecule has 1 aliphatic heterocycles. The Labute approximate surface area is 128 Å². The standard InChI is InChI=1S/C14H18F2N2O3S/c1-22(20,21)17-9-11-4-2-3-7-18(11)14(19)12-6-5-10(15)8-13(12)16/h5-6,8,11,17H,2-4,7,9H2,1H3. The van der Waals surface area contributed by atoms with Crippen LogP contribution in [0.4, 0.5) is 8.78 Å². The SMILES string of the molecule is CS(=O)(=O)NCC1CCCCN1C(=O)c1ccc(F)cc1F. The van der Waals surface area contributed by atoms with Crippen molar-refractivity contribution in [1.29, 1.82) is 0 Å². The highest BCUT2D eigenvalue weighted by Crippen LogP contribution is 2.21. The first-order chi connectivity index (χ1) is 10.3. The molecular weight excluding hydrogens is 314 g/mol. The number of piperidine rings is 1. The lowest BCUT2D eigenvalue weighted by Gasteiger charge is -2.35. The monoisotopic (exact) mass is 332 g/mol. The molecule has 5 nitrogen and oxygen atoms in total. The van der Waals surface area contributed by atoms with Crippen LogP contribution in [0, 0.1) is 11.6 Å². The second kappa shape index (κ2) is 6.70. The molecule has 1 unspecified atom stereocenters. The predicted molar refractivity (Wildman–Crippen MR) is 77.9 cm³/mol. The zero-order chi connectivity index (χ0) is 16.3. The molecule has 1 heterocycles. The van der Waals surface area contributed by atoms with Crippen LogP contribution in [0.2, 0.25) is 0 Å². The number of halogens is 2. The quantitative estimate of drug-likeness (QED) is 0.909. The summed E-state index contributed by atoms with van der Waals surface area (Å²) < 4.78 is 51.5. The van der Waals surface area contributed by atoms with Gasteiger partial charge < -0.3 is 4.90 Å². The molecule has 1 aromatic carbocycles. The molecule has 1 aliphatic rings. The highest BCUT2D eigenvalue weighted by atomic mass is 32.2. The van der Waals surface area contributed by atoms with E-state index in [0.29, 0.717) is 19.0 Å². The normalized spacial score (nSPS) is 19.2. The van der Waals surface area contributed by atoms with Gasteiger partial charge in [0.05, 0.1) is 11.8 Å². The third-order valence-corrected chi connectivity index (χ3v) is 4.32. The Bertz CT molecular complexity index is 664. The van der Waals surface area contributed by atoms with Crippen molar-refractivity contribution in [1.82, 2.24) is 9.62 Å². The zero-order valence-corrected chi connectivity index (χ0v) is 13.0. The first-order valence-electron chi connectivity index (χ1n) is 6.98. The molecule has 1 aromatic rings.